The molecule has 1 amide bonds. The zero-order valence-electron chi connectivity index (χ0n) is 13.1. The van der Waals surface area contributed by atoms with Gasteiger partial charge in [-0.25, -0.2) is 8.42 Å². The summed E-state index contributed by atoms with van der Waals surface area (Å²) in [5.41, 5.74) is 0.990. The van der Waals surface area contributed by atoms with Gasteiger partial charge in [0.25, 0.3) is 0 Å². The van der Waals surface area contributed by atoms with Crippen LogP contribution in [0.15, 0.2) is 53.1 Å². The Morgan fingerprint density at radius 1 is 1.21 bits per heavy atom. The molecule has 7 heteroatoms. The van der Waals surface area contributed by atoms with Gasteiger partial charge in [0.05, 0.1) is 30.4 Å². The van der Waals surface area contributed by atoms with Gasteiger partial charge in [0.2, 0.25) is 5.91 Å². The Bertz CT molecular complexity index is 772. The molecule has 3 rings (SSSR count). The Kier molecular flexibility index (Phi) is 5.01. The molecule has 0 radical (unpaired) electrons. The molecule has 2 atom stereocenters. The summed E-state index contributed by atoms with van der Waals surface area (Å²) in [6.07, 6.45) is 2.07. The van der Waals surface area contributed by atoms with Crippen LogP contribution in [0.5, 0.6) is 0 Å². The van der Waals surface area contributed by atoms with E-state index in [2.05, 4.69) is 10.6 Å². The van der Waals surface area contributed by atoms with E-state index >= 15 is 0 Å². The first kappa shape index (κ1) is 16.7. The highest BCUT2D eigenvalue weighted by Gasteiger charge is 2.29. The minimum Gasteiger partial charge on any atom is -0.467 e. The number of carbonyl (C=O) groups is 1. The van der Waals surface area contributed by atoms with Gasteiger partial charge in [0.15, 0.2) is 9.84 Å². The first-order valence-electron chi connectivity index (χ1n) is 7.85. The number of carbonyl (C=O) groups excluding carboxylic acids is 1. The van der Waals surface area contributed by atoms with Crippen molar-refractivity contribution >= 4 is 15.7 Å². The van der Waals surface area contributed by atoms with Crippen molar-refractivity contribution in [2.75, 3.05) is 18.1 Å². The predicted molar refractivity (Wildman–Crippen MR) is 90.2 cm³/mol. The second-order valence-corrected chi connectivity index (χ2v) is 8.14. The normalized spacial score (nSPS) is 20.6. The predicted octanol–water partition coefficient (Wildman–Crippen LogP) is 1.26. The first-order chi connectivity index (χ1) is 11.5. The van der Waals surface area contributed by atoms with Crippen LogP contribution in [0.4, 0.5) is 0 Å². The summed E-state index contributed by atoms with van der Waals surface area (Å²) in [5.74, 6) is 0.672. The van der Waals surface area contributed by atoms with Crippen molar-refractivity contribution < 1.29 is 17.6 Å². The molecule has 0 unspecified atom stereocenters. The Balaban J connectivity index is 1.61. The second-order valence-electron chi connectivity index (χ2n) is 5.91. The fraction of sp³-hybridized carbons (Fsp3) is 0.353. The summed E-state index contributed by atoms with van der Waals surface area (Å²) in [5, 5.41) is 5.95. The molecule has 2 aromatic rings. The van der Waals surface area contributed by atoms with Crippen LogP contribution in [0.1, 0.15) is 23.8 Å². The van der Waals surface area contributed by atoms with Crippen LogP contribution in [0.2, 0.25) is 0 Å². The molecule has 1 aromatic carbocycles. The number of benzene rings is 1. The van der Waals surface area contributed by atoms with Gasteiger partial charge in [-0.3, -0.25) is 10.1 Å². The molecule has 1 aromatic heterocycles. The highest BCUT2D eigenvalue weighted by molar-refractivity contribution is 7.91. The molecular formula is C17H20N2O4S. The molecule has 128 valence electrons. The van der Waals surface area contributed by atoms with Gasteiger partial charge in [0.1, 0.15) is 5.76 Å². The van der Waals surface area contributed by atoms with Crippen molar-refractivity contribution in [2.45, 2.75) is 18.5 Å². The average molecular weight is 348 g/mol. The number of nitrogens with one attached hydrogen (secondary N) is 2. The van der Waals surface area contributed by atoms with Crippen LogP contribution in [0.25, 0.3) is 0 Å². The van der Waals surface area contributed by atoms with Crippen molar-refractivity contribution in [3.63, 3.8) is 0 Å². The lowest BCUT2D eigenvalue weighted by atomic mass is 10.0. The molecule has 2 heterocycles. The number of sulfone groups is 1. The van der Waals surface area contributed by atoms with E-state index in [0.29, 0.717) is 6.42 Å². The third kappa shape index (κ3) is 4.24. The Labute approximate surface area is 141 Å². The standard InChI is InChI=1S/C17H20N2O4S/c20-16(19-14-8-10-24(21,22)12-14)11-18-17(15-7-4-9-23-15)13-5-2-1-3-6-13/h1-7,9,14,17-18H,8,10-12H2,(H,19,20)/t14-,17-/m1/s1. The maximum atomic E-state index is 12.1. The van der Waals surface area contributed by atoms with Gasteiger partial charge in [0, 0.05) is 6.04 Å². The van der Waals surface area contributed by atoms with E-state index < -0.39 is 9.84 Å². The number of hydrogen-bond acceptors (Lipinski definition) is 5. The van der Waals surface area contributed by atoms with Crippen LogP contribution >= 0.6 is 0 Å². The highest BCUT2D eigenvalue weighted by Crippen LogP contribution is 2.22. The number of rotatable bonds is 6. The van der Waals surface area contributed by atoms with Crippen LogP contribution in [0, 0.1) is 0 Å². The summed E-state index contributed by atoms with van der Waals surface area (Å²) in [6.45, 7) is 0.0802. The van der Waals surface area contributed by atoms with E-state index in [4.69, 9.17) is 4.42 Å². The minimum atomic E-state index is -3.00. The molecule has 0 spiro atoms. The fourth-order valence-corrected chi connectivity index (χ4v) is 4.54. The molecule has 1 fully saturated rings. The number of amides is 1. The van der Waals surface area contributed by atoms with E-state index in [9.17, 15) is 13.2 Å². The zero-order valence-corrected chi connectivity index (χ0v) is 14.0. The lowest BCUT2D eigenvalue weighted by molar-refractivity contribution is -0.120. The van der Waals surface area contributed by atoms with Crippen molar-refractivity contribution in [1.29, 1.82) is 0 Å². The number of hydrogen-bond donors (Lipinski definition) is 2. The molecule has 0 saturated carbocycles. The average Bonchev–Trinajstić information content (AvgIpc) is 3.18. The lowest BCUT2D eigenvalue weighted by Crippen LogP contribution is -2.42. The summed E-state index contributed by atoms with van der Waals surface area (Å²) in [6, 6.07) is 12.8. The van der Waals surface area contributed by atoms with Gasteiger partial charge in [-0.2, -0.15) is 0 Å². The molecule has 0 bridgehead atoms. The molecule has 1 aliphatic heterocycles. The zero-order chi connectivity index (χ0) is 17.0. The van der Waals surface area contributed by atoms with Crippen molar-refractivity contribution in [2.24, 2.45) is 0 Å². The minimum absolute atomic E-state index is 0.0268. The van der Waals surface area contributed by atoms with E-state index in [1.165, 1.54) is 0 Å². The molecule has 1 saturated heterocycles. The number of furan rings is 1. The summed E-state index contributed by atoms with van der Waals surface area (Å²) < 4.78 is 28.4. The fourth-order valence-electron chi connectivity index (χ4n) is 2.87. The van der Waals surface area contributed by atoms with E-state index in [0.717, 1.165) is 11.3 Å². The van der Waals surface area contributed by atoms with Gasteiger partial charge in [-0.15, -0.1) is 0 Å². The topological polar surface area (TPSA) is 88.4 Å². The largest absolute Gasteiger partial charge is 0.467 e. The summed E-state index contributed by atoms with van der Waals surface area (Å²) in [7, 11) is -3.00. The molecule has 0 aliphatic carbocycles. The van der Waals surface area contributed by atoms with Crippen LogP contribution in [-0.4, -0.2) is 38.4 Å². The second kappa shape index (κ2) is 7.19. The van der Waals surface area contributed by atoms with Crippen LogP contribution in [-0.2, 0) is 14.6 Å². The van der Waals surface area contributed by atoms with Gasteiger partial charge in [-0.05, 0) is 24.1 Å². The molecular weight excluding hydrogens is 328 g/mol. The maximum Gasteiger partial charge on any atom is 0.234 e. The summed E-state index contributed by atoms with van der Waals surface area (Å²) >= 11 is 0. The maximum absolute atomic E-state index is 12.1. The third-order valence-corrected chi connectivity index (χ3v) is 5.79. The monoisotopic (exact) mass is 348 g/mol. The van der Waals surface area contributed by atoms with Crippen LogP contribution < -0.4 is 10.6 Å². The molecule has 6 nitrogen and oxygen atoms in total. The van der Waals surface area contributed by atoms with Gasteiger partial charge < -0.3 is 9.73 Å². The molecule has 1 aliphatic rings. The Hall–Kier alpha value is -2.12. The quantitative estimate of drug-likeness (QED) is 0.820. The Morgan fingerprint density at radius 2 is 2.00 bits per heavy atom. The first-order valence-corrected chi connectivity index (χ1v) is 9.67. The third-order valence-electron chi connectivity index (χ3n) is 4.02. The van der Waals surface area contributed by atoms with E-state index in [1.807, 2.05) is 36.4 Å². The van der Waals surface area contributed by atoms with Gasteiger partial charge >= 0.3 is 0 Å². The van der Waals surface area contributed by atoms with Crippen molar-refractivity contribution in [1.82, 2.24) is 10.6 Å². The summed E-state index contributed by atoms with van der Waals surface area (Å²) in [4.78, 5) is 12.1. The molecule has 24 heavy (non-hydrogen) atoms. The Morgan fingerprint density at radius 3 is 2.62 bits per heavy atom. The van der Waals surface area contributed by atoms with Crippen molar-refractivity contribution in [3.8, 4) is 0 Å². The SMILES string of the molecule is O=C(CN[C@H](c1ccccc1)c1ccco1)N[C@@H]1CCS(=O)(=O)C1. The highest BCUT2D eigenvalue weighted by atomic mass is 32.2. The van der Waals surface area contributed by atoms with Crippen LogP contribution in [0.3, 0.4) is 0 Å². The van der Waals surface area contributed by atoms with E-state index in [1.54, 1.807) is 12.3 Å². The molecule has 2 N–H and O–H groups in total. The van der Waals surface area contributed by atoms with E-state index in [-0.39, 0.29) is 36.0 Å². The lowest BCUT2D eigenvalue weighted by Gasteiger charge is -2.18. The van der Waals surface area contributed by atoms with Gasteiger partial charge in [-0.1, -0.05) is 30.3 Å². The smallest absolute Gasteiger partial charge is 0.234 e. The van der Waals surface area contributed by atoms with Crippen molar-refractivity contribution in [3.05, 3.63) is 60.1 Å².